The highest BCUT2D eigenvalue weighted by molar-refractivity contribution is 5.49. The van der Waals surface area contributed by atoms with E-state index in [0.717, 1.165) is 18.5 Å². The summed E-state index contributed by atoms with van der Waals surface area (Å²) in [6.45, 7) is 10.6. The lowest BCUT2D eigenvalue weighted by atomic mass is 9.77. The molecule has 0 unspecified atom stereocenters. The van der Waals surface area contributed by atoms with Crippen molar-refractivity contribution >= 4 is 6.08 Å². The van der Waals surface area contributed by atoms with E-state index in [-0.39, 0.29) is 5.41 Å². The Morgan fingerprint density at radius 3 is 2.57 bits per heavy atom. The largest absolute Gasteiger partial charge is 0.257 e. The molecular weight excluding hydrogens is 170 g/mol. The van der Waals surface area contributed by atoms with Crippen molar-refractivity contribution in [1.29, 1.82) is 0 Å². The smallest absolute Gasteiger partial charge is 0.0661 e. The van der Waals surface area contributed by atoms with Crippen LogP contribution in [0.15, 0.2) is 24.9 Å². The summed E-state index contributed by atoms with van der Waals surface area (Å²) < 4.78 is 0. The second kappa shape index (κ2) is 4.41. The molecule has 0 atom stereocenters. The van der Waals surface area contributed by atoms with Crippen molar-refractivity contribution in [3.05, 3.63) is 36.2 Å². The van der Waals surface area contributed by atoms with E-state index in [0.29, 0.717) is 0 Å². The summed E-state index contributed by atoms with van der Waals surface area (Å²) in [5.41, 5.74) is 2.58. The molecule has 14 heavy (non-hydrogen) atoms. The predicted octanol–water partition coefficient (Wildman–Crippen LogP) is 3.80. The molecule has 0 amide bonds. The van der Waals surface area contributed by atoms with E-state index in [2.05, 4.69) is 38.4 Å². The third kappa shape index (κ3) is 1.87. The summed E-state index contributed by atoms with van der Waals surface area (Å²) in [5, 5.41) is 0. The molecule has 76 valence electrons. The molecule has 0 spiro atoms. The van der Waals surface area contributed by atoms with Gasteiger partial charge in [-0.2, -0.15) is 0 Å². The molecule has 0 saturated heterocycles. The van der Waals surface area contributed by atoms with Crippen LogP contribution in [-0.4, -0.2) is 4.98 Å². The molecule has 0 N–H and O–H groups in total. The van der Waals surface area contributed by atoms with Gasteiger partial charge in [0.25, 0.3) is 0 Å². The molecule has 1 heterocycles. The van der Waals surface area contributed by atoms with Crippen LogP contribution in [0.4, 0.5) is 0 Å². The lowest BCUT2D eigenvalue weighted by molar-refractivity contribution is 0.436. The van der Waals surface area contributed by atoms with Crippen LogP contribution >= 0.6 is 0 Å². The van der Waals surface area contributed by atoms with Gasteiger partial charge in [0.15, 0.2) is 0 Å². The highest BCUT2D eigenvalue weighted by Crippen LogP contribution is 2.32. The number of aromatic nitrogens is 1. The zero-order valence-electron chi connectivity index (χ0n) is 9.38. The first kappa shape index (κ1) is 11.0. The second-order valence-corrected chi connectivity index (χ2v) is 3.91. The zero-order chi connectivity index (χ0) is 10.6. The van der Waals surface area contributed by atoms with Gasteiger partial charge in [-0.15, -0.1) is 0 Å². The summed E-state index contributed by atoms with van der Waals surface area (Å²) in [5.74, 6) is 0. The Morgan fingerprint density at radius 1 is 1.43 bits per heavy atom. The fourth-order valence-electron chi connectivity index (χ4n) is 1.72. The molecule has 0 aromatic carbocycles. The van der Waals surface area contributed by atoms with Crippen LogP contribution in [0.25, 0.3) is 6.08 Å². The van der Waals surface area contributed by atoms with Crippen LogP contribution in [0.1, 0.15) is 44.9 Å². The van der Waals surface area contributed by atoms with Crippen molar-refractivity contribution in [2.45, 2.75) is 39.0 Å². The Labute approximate surface area is 86.9 Å². The summed E-state index contributed by atoms with van der Waals surface area (Å²) in [6.07, 6.45) is 5.94. The van der Waals surface area contributed by atoms with E-state index in [9.17, 15) is 0 Å². The predicted molar refractivity (Wildman–Crippen MR) is 62.3 cm³/mol. The summed E-state index contributed by atoms with van der Waals surface area (Å²) in [6, 6.07) is 4.17. The maximum Gasteiger partial charge on any atom is 0.0661 e. The van der Waals surface area contributed by atoms with Gasteiger partial charge in [-0.1, -0.05) is 33.4 Å². The number of pyridine rings is 1. The van der Waals surface area contributed by atoms with E-state index >= 15 is 0 Å². The molecule has 0 aliphatic heterocycles. The maximum absolute atomic E-state index is 4.34. The van der Waals surface area contributed by atoms with Crippen LogP contribution < -0.4 is 0 Å². The van der Waals surface area contributed by atoms with E-state index < -0.39 is 0 Å². The molecule has 0 saturated carbocycles. The molecule has 1 aromatic rings. The fourth-order valence-corrected chi connectivity index (χ4v) is 1.72. The minimum Gasteiger partial charge on any atom is -0.257 e. The van der Waals surface area contributed by atoms with Gasteiger partial charge in [-0.05, 0) is 36.0 Å². The highest BCUT2D eigenvalue weighted by Gasteiger charge is 2.24. The van der Waals surface area contributed by atoms with Crippen molar-refractivity contribution in [2.75, 3.05) is 0 Å². The third-order valence-corrected chi connectivity index (χ3v) is 3.24. The molecule has 1 aromatic heterocycles. The standard InChI is InChI=1S/C13H19N/c1-5-12-11(9-8-10-14-12)13(4,6-2)7-3/h5,8-10H,1,6-7H2,2-4H3. The second-order valence-electron chi connectivity index (χ2n) is 3.91. The number of nitrogens with zero attached hydrogens (tertiary/aromatic N) is 1. The molecule has 1 nitrogen and oxygen atoms in total. The Balaban J connectivity index is 3.22. The topological polar surface area (TPSA) is 12.9 Å². The van der Waals surface area contributed by atoms with Gasteiger partial charge in [0.05, 0.1) is 5.69 Å². The molecule has 0 radical (unpaired) electrons. The minimum absolute atomic E-state index is 0.234. The van der Waals surface area contributed by atoms with Crippen LogP contribution in [0.2, 0.25) is 0 Å². The van der Waals surface area contributed by atoms with Crippen molar-refractivity contribution in [1.82, 2.24) is 4.98 Å². The van der Waals surface area contributed by atoms with Crippen LogP contribution in [0.5, 0.6) is 0 Å². The average Bonchev–Trinajstić information content (AvgIpc) is 2.28. The van der Waals surface area contributed by atoms with Crippen molar-refractivity contribution in [3.63, 3.8) is 0 Å². The normalized spacial score (nSPS) is 11.4. The van der Waals surface area contributed by atoms with Gasteiger partial charge >= 0.3 is 0 Å². The Hall–Kier alpha value is -1.11. The van der Waals surface area contributed by atoms with Gasteiger partial charge in [0.1, 0.15) is 0 Å². The van der Waals surface area contributed by atoms with Gasteiger partial charge in [-0.3, -0.25) is 4.98 Å². The molecule has 0 bridgehead atoms. The van der Waals surface area contributed by atoms with E-state index in [1.807, 2.05) is 18.3 Å². The minimum atomic E-state index is 0.234. The van der Waals surface area contributed by atoms with Crippen LogP contribution in [0.3, 0.4) is 0 Å². The Bertz CT molecular complexity index is 311. The summed E-state index contributed by atoms with van der Waals surface area (Å²) in [7, 11) is 0. The number of hydrogen-bond acceptors (Lipinski definition) is 1. The van der Waals surface area contributed by atoms with Gasteiger partial charge in [-0.25, -0.2) is 0 Å². The molecule has 1 rings (SSSR count). The van der Waals surface area contributed by atoms with Gasteiger partial charge in [0, 0.05) is 6.20 Å². The molecular formula is C13H19N. The Morgan fingerprint density at radius 2 is 2.07 bits per heavy atom. The van der Waals surface area contributed by atoms with E-state index in [1.165, 1.54) is 5.56 Å². The third-order valence-electron chi connectivity index (χ3n) is 3.24. The average molecular weight is 189 g/mol. The summed E-state index contributed by atoms with van der Waals surface area (Å²) >= 11 is 0. The molecule has 0 fully saturated rings. The lowest BCUT2D eigenvalue weighted by Crippen LogP contribution is -2.21. The Kier molecular flexibility index (Phi) is 3.45. The SMILES string of the molecule is C=Cc1ncccc1C(C)(CC)CC. The summed E-state index contributed by atoms with van der Waals surface area (Å²) in [4.78, 5) is 4.34. The van der Waals surface area contributed by atoms with Crippen LogP contribution in [-0.2, 0) is 5.41 Å². The molecule has 0 aliphatic rings. The van der Waals surface area contributed by atoms with Crippen molar-refractivity contribution in [2.24, 2.45) is 0 Å². The van der Waals surface area contributed by atoms with Crippen molar-refractivity contribution < 1.29 is 0 Å². The first-order valence-electron chi connectivity index (χ1n) is 5.26. The van der Waals surface area contributed by atoms with Gasteiger partial charge in [0.2, 0.25) is 0 Å². The first-order valence-corrected chi connectivity index (χ1v) is 5.26. The van der Waals surface area contributed by atoms with E-state index in [1.54, 1.807) is 0 Å². The maximum atomic E-state index is 4.34. The molecule has 0 aliphatic carbocycles. The zero-order valence-corrected chi connectivity index (χ0v) is 9.38. The lowest BCUT2D eigenvalue weighted by Gasteiger charge is -2.28. The fraction of sp³-hybridized carbons (Fsp3) is 0.462. The highest BCUT2D eigenvalue weighted by atomic mass is 14.7. The first-order chi connectivity index (χ1) is 6.68. The van der Waals surface area contributed by atoms with E-state index in [4.69, 9.17) is 0 Å². The van der Waals surface area contributed by atoms with Crippen molar-refractivity contribution in [3.8, 4) is 0 Å². The van der Waals surface area contributed by atoms with Crippen LogP contribution in [0, 0.1) is 0 Å². The number of rotatable bonds is 4. The monoisotopic (exact) mass is 189 g/mol. The molecule has 1 heteroatoms. The number of hydrogen-bond donors (Lipinski definition) is 0. The van der Waals surface area contributed by atoms with Gasteiger partial charge < -0.3 is 0 Å². The quantitative estimate of drug-likeness (QED) is 0.702.